The fourth-order valence-corrected chi connectivity index (χ4v) is 28.0. The van der Waals surface area contributed by atoms with Gasteiger partial charge in [-0.15, -0.1) is 45.3 Å². The van der Waals surface area contributed by atoms with Crippen molar-refractivity contribution in [3.63, 3.8) is 0 Å². The minimum atomic E-state index is 1.17. The van der Waals surface area contributed by atoms with Crippen molar-refractivity contribution in [1.29, 1.82) is 0 Å². The van der Waals surface area contributed by atoms with E-state index in [2.05, 4.69) is 479 Å². The van der Waals surface area contributed by atoms with E-state index in [1.165, 1.54) is 278 Å². The van der Waals surface area contributed by atoms with Crippen molar-refractivity contribution >= 4 is 267 Å². The molecule has 0 saturated carbocycles. The fraction of sp³-hybridized carbons (Fsp3) is 0. The lowest BCUT2D eigenvalue weighted by Gasteiger charge is -2.13. The van der Waals surface area contributed by atoms with Crippen molar-refractivity contribution in [2.75, 3.05) is 0 Å². The zero-order valence-electron chi connectivity index (χ0n) is 73.3. The Kier molecular flexibility index (Phi) is 17.3. The van der Waals surface area contributed by atoms with E-state index in [4.69, 9.17) is 0 Å². The highest BCUT2D eigenvalue weighted by Gasteiger charge is 2.29. The molecule has 632 valence electrons. The van der Waals surface area contributed by atoms with E-state index >= 15 is 0 Å². The monoisotopic (exact) mass is 1800 g/mol. The van der Waals surface area contributed by atoms with Gasteiger partial charge in [0, 0.05) is 148 Å². The molecule has 0 aliphatic rings. The first-order valence-corrected chi connectivity index (χ1v) is 49.8. The summed E-state index contributed by atoms with van der Waals surface area (Å²) < 4.78 is 20.7. The molecule has 8 heterocycles. The van der Waals surface area contributed by atoms with Crippen LogP contribution < -0.4 is 0 Å². The Labute approximate surface area is 796 Å². The molecule has 0 saturated heterocycles. The Balaban J connectivity index is 0.000000112. The van der Waals surface area contributed by atoms with Gasteiger partial charge in [0.2, 0.25) is 0 Å². The van der Waals surface area contributed by atoms with Crippen LogP contribution in [0.25, 0.3) is 278 Å². The molecule has 8 heteroatoms. The first kappa shape index (κ1) is 77.1. The summed E-state index contributed by atoms with van der Waals surface area (Å²) >= 11 is 7.64. The van der Waals surface area contributed by atoms with Gasteiger partial charge in [0.15, 0.2) is 0 Å². The van der Waals surface area contributed by atoms with Gasteiger partial charge in [-0.05, 0) is 186 Å². The SMILES string of the molecule is c1ccc(-c2ccc(-n3c4ccccc4c4c5ccccc5c5sc6ccccc6c5c43)cc2)cc1.c1ccc(-n2c3ccc(-c4ccc(-c5ccc6c(c5)c5c7ccccc7c7c8ccccc8sc7c5n6-c5ccccc5)c5ccccc45)cc3c3c4ccccc4c4c5ccccc5sc4c32)cc1.c1ccc(-n2c3ccccc3c3c4ccccc4c4sc5ccccc5c4c32)cc1. The van der Waals surface area contributed by atoms with Crippen molar-refractivity contribution in [3.05, 3.63) is 461 Å². The summed E-state index contributed by atoms with van der Waals surface area (Å²) in [7, 11) is 0. The lowest BCUT2D eigenvalue weighted by atomic mass is 9.90. The van der Waals surface area contributed by atoms with E-state index in [1.54, 1.807) is 0 Å². The number of aromatic nitrogens is 4. The molecule has 0 fully saturated rings. The first-order chi connectivity index (χ1) is 67.6. The Morgan fingerprint density at radius 1 is 0.132 bits per heavy atom. The molecule has 31 rings (SSSR count). The van der Waals surface area contributed by atoms with Crippen molar-refractivity contribution in [2.24, 2.45) is 0 Å². The topological polar surface area (TPSA) is 19.7 Å². The molecular weight excluding hydrogens is 1720 g/mol. The summed E-state index contributed by atoms with van der Waals surface area (Å²) in [6.07, 6.45) is 0. The number of benzene rings is 23. The van der Waals surface area contributed by atoms with Crippen LogP contribution in [0.4, 0.5) is 0 Å². The standard InChI is InChI=1S/C66H38N2S2.C34H21NS.C28H17NS/c1-3-17-41(18-4-1)67-55-35-31-39(37-53(55)59-47-23-9-11-25-49(47)61-51-27-13-15-29-57(51)69-65(61)63(59)67)43-33-34-44(46-22-8-7-21-45(43)46)40-32-36-56-54(38-40)60-48-24-10-12-26-50(48)62-52-28-14-16-30-58(52)70-66(62)64(60)68(56)42-19-5-2-6-20-42;1-2-10-22(11-3-1)23-18-20-24(21-19-23)35-29-16-8-6-14-27(29)31-25-12-4-5-13-26(25)34-32(33(31)35)28-15-7-9-17-30(28)36-34;1-2-10-18(11-3-1)29-23-16-8-6-14-21(23)25-19-12-4-5-13-20(19)28-26(27(25)29)22-15-7-9-17-24(22)30-28/h1-38H;1-21H;1-17H. The van der Waals surface area contributed by atoms with Gasteiger partial charge in [-0.25, -0.2) is 0 Å². The molecular formula is C128H76N4S4. The van der Waals surface area contributed by atoms with Gasteiger partial charge in [-0.1, -0.05) is 352 Å². The minimum absolute atomic E-state index is 1.17. The average molecular weight is 1800 g/mol. The summed E-state index contributed by atoms with van der Waals surface area (Å²) in [6.45, 7) is 0. The molecule has 23 aromatic carbocycles. The number of para-hydroxylation sites is 5. The maximum absolute atomic E-state index is 2.51. The average Bonchev–Trinajstić information content (AvgIpc) is 1.02. The molecule has 0 atom stereocenters. The van der Waals surface area contributed by atoms with Crippen LogP contribution in [0.3, 0.4) is 0 Å². The number of thiophene rings is 4. The van der Waals surface area contributed by atoms with Gasteiger partial charge in [0.25, 0.3) is 0 Å². The third-order valence-electron chi connectivity index (χ3n) is 28.6. The molecule has 0 amide bonds. The second kappa shape index (κ2) is 30.5. The molecule has 4 nitrogen and oxygen atoms in total. The van der Waals surface area contributed by atoms with Gasteiger partial charge < -0.3 is 18.3 Å². The molecule has 0 aliphatic carbocycles. The summed E-state index contributed by atoms with van der Waals surface area (Å²) in [5.41, 5.74) is 22.2. The second-order valence-corrected chi connectivity index (χ2v) is 40.0. The predicted octanol–water partition coefficient (Wildman–Crippen LogP) is 37.7. The van der Waals surface area contributed by atoms with Crippen molar-refractivity contribution in [2.45, 2.75) is 0 Å². The molecule has 0 radical (unpaired) electrons. The van der Waals surface area contributed by atoms with E-state index in [0.29, 0.717) is 0 Å². The largest absolute Gasteiger partial charge is 0.309 e. The number of hydrogen-bond acceptors (Lipinski definition) is 4. The van der Waals surface area contributed by atoms with E-state index in [-0.39, 0.29) is 0 Å². The zero-order chi connectivity index (χ0) is 88.9. The number of nitrogens with zero attached hydrogens (tertiary/aromatic N) is 4. The van der Waals surface area contributed by atoms with Crippen molar-refractivity contribution in [3.8, 4) is 56.1 Å². The molecule has 8 aromatic heterocycles. The molecule has 0 bridgehead atoms. The van der Waals surface area contributed by atoms with Gasteiger partial charge in [-0.2, -0.15) is 0 Å². The van der Waals surface area contributed by atoms with Gasteiger partial charge in [0.05, 0.1) is 53.5 Å². The van der Waals surface area contributed by atoms with E-state index < -0.39 is 0 Å². The molecule has 0 spiro atoms. The van der Waals surface area contributed by atoms with Crippen LogP contribution in [-0.4, -0.2) is 18.3 Å². The highest BCUT2D eigenvalue weighted by atomic mass is 32.1. The third kappa shape index (κ3) is 11.4. The van der Waals surface area contributed by atoms with Crippen LogP contribution in [0.2, 0.25) is 0 Å². The molecule has 136 heavy (non-hydrogen) atoms. The van der Waals surface area contributed by atoms with Crippen LogP contribution in [0.15, 0.2) is 461 Å². The van der Waals surface area contributed by atoms with Crippen molar-refractivity contribution < 1.29 is 0 Å². The molecule has 0 unspecified atom stereocenters. The number of rotatable bonds is 7. The Morgan fingerprint density at radius 3 is 0.750 bits per heavy atom. The summed E-state index contributed by atoms with van der Waals surface area (Å²) in [5.74, 6) is 0. The van der Waals surface area contributed by atoms with Crippen LogP contribution >= 0.6 is 45.3 Å². The third-order valence-corrected chi connectivity index (χ3v) is 33.4. The predicted molar refractivity (Wildman–Crippen MR) is 592 cm³/mol. The fourth-order valence-electron chi connectivity index (χ4n) is 23.0. The lowest BCUT2D eigenvalue weighted by molar-refractivity contribution is 1.19. The van der Waals surface area contributed by atoms with Crippen LogP contribution in [0, 0.1) is 0 Å². The second-order valence-electron chi connectivity index (χ2n) is 35.8. The van der Waals surface area contributed by atoms with Gasteiger partial charge in [-0.3, -0.25) is 0 Å². The molecule has 0 N–H and O–H groups in total. The number of fused-ring (bicyclic) bond motifs is 41. The maximum Gasteiger partial charge on any atom is 0.0726 e. The Morgan fingerprint density at radius 2 is 0.375 bits per heavy atom. The highest BCUT2D eigenvalue weighted by Crippen LogP contribution is 2.55. The summed E-state index contributed by atoms with van der Waals surface area (Å²) in [4.78, 5) is 0. The minimum Gasteiger partial charge on any atom is -0.309 e. The Bertz CT molecular complexity index is 10100. The summed E-state index contributed by atoms with van der Waals surface area (Å²) in [6, 6.07) is 169. The quantitative estimate of drug-likeness (QED) is 0.152. The van der Waals surface area contributed by atoms with Gasteiger partial charge in [0.1, 0.15) is 0 Å². The van der Waals surface area contributed by atoms with Crippen LogP contribution in [0.5, 0.6) is 0 Å². The number of hydrogen-bond donors (Lipinski definition) is 0. The van der Waals surface area contributed by atoms with E-state index in [0.717, 1.165) is 0 Å². The molecule has 31 aromatic rings. The van der Waals surface area contributed by atoms with Crippen LogP contribution in [0.1, 0.15) is 0 Å². The first-order valence-electron chi connectivity index (χ1n) is 46.5. The van der Waals surface area contributed by atoms with Crippen molar-refractivity contribution in [1.82, 2.24) is 18.3 Å². The Hall–Kier alpha value is -16.6. The van der Waals surface area contributed by atoms with E-state index in [1.807, 2.05) is 45.3 Å². The van der Waals surface area contributed by atoms with E-state index in [9.17, 15) is 0 Å². The summed E-state index contributed by atoms with van der Waals surface area (Å²) in [5, 5.41) is 34.2. The van der Waals surface area contributed by atoms with Gasteiger partial charge >= 0.3 is 0 Å². The normalized spacial score (nSPS) is 12.1. The lowest BCUT2D eigenvalue weighted by Crippen LogP contribution is -1.94. The smallest absolute Gasteiger partial charge is 0.0726 e. The zero-order valence-corrected chi connectivity index (χ0v) is 76.6. The maximum atomic E-state index is 2.51. The van der Waals surface area contributed by atoms with Crippen LogP contribution in [-0.2, 0) is 0 Å². The molecule has 0 aliphatic heterocycles. The highest BCUT2D eigenvalue weighted by molar-refractivity contribution is 7.28.